The number of aliphatic hydroxyl groups excluding tert-OH is 1. The molecule has 0 aliphatic rings. The molecule has 2 nitrogen and oxygen atoms in total. The Bertz CT molecular complexity index is 339. The number of hydrogen-bond acceptors (Lipinski definition) is 2. The van der Waals surface area contributed by atoms with E-state index in [4.69, 9.17) is 4.74 Å². The molecule has 0 radical (unpaired) electrons. The lowest BCUT2D eigenvalue weighted by Gasteiger charge is -2.26. The molecule has 17 heavy (non-hydrogen) atoms. The van der Waals surface area contributed by atoms with Crippen molar-refractivity contribution >= 4 is 0 Å². The van der Waals surface area contributed by atoms with E-state index in [1.165, 1.54) is 5.56 Å². The summed E-state index contributed by atoms with van der Waals surface area (Å²) in [5.74, 6) is 0.941. The number of benzene rings is 1. The summed E-state index contributed by atoms with van der Waals surface area (Å²) in [6, 6.07) is 8.05. The average molecular weight is 236 g/mol. The first kappa shape index (κ1) is 14.0. The Morgan fingerprint density at radius 2 is 1.88 bits per heavy atom. The first-order valence-electron chi connectivity index (χ1n) is 6.34. The summed E-state index contributed by atoms with van der Waals surface area (Å²) in [6.45, 7) is 8.85. The highest BCUT2D eigenvalue weighted by molar-refractivity contribution is 5.33. The second kappa shape index (κ2) is 6.06. The number of para-hydroxylation sites is 1. The normalized spacial score (nSPS) is 13.5. The molecule has 0 bridgehead atoms. The van der Waals surface area contributed by atoms with Gasteiger partial charge in [-0.15, -0.1) is 0 Å². The van der Waals surface area contributed by atoms with E-state index in [2.05, 4.69) is 26.8 Å². The highest BCUT2D eigenvalue weighted by Crippen LogP contribution is 2.25. The first-order chi connectivity index (χ1) is 7.95. The molecule has 2 heteroatoms. The maximum atomic E-state index is 10.0. The highest BCUT2D eigenvalue weighted by atomic mass is 16.5. The molecule has 0 saturated heterocycles. The lowest BCUT2D eigenvalue weighted by molar-refractivity contribution is 0.0558. The van der Waals surface area contributed by atoms with Crippen molar-refractivity contribution in [2.45, 2.75) is 46.6 Å². The highest BCUT2D eigenvalue weighted by Gasteiger charge is 2.21. The van der Waals surface area contributed by atoms with Crippen molar-refractivity contribution in [3.05, 3.63) is 29.8 Å². The van der Waals surface area contributed by atoms with Gasteiger partial charge in [-0.3, -0.25) is 0 Å². The molecule has 0 spiro atoms. The van der Waals surface area contributed by atoms with Crippen LogP contribution in [0.1, 0.15) is 39.7 Å². The molecule has 0 amide bonds. The van der Waals surface area contributed by atoms with Gasteiger partial charge in [-0.1, -0.05) is 39.0 Å². The van der Waals surface area contributed by atoms with E-state index < -0.39 is 0 Å². The Labute approximate surface area is 105 Å². The molecule has 1 aromatic rings. The smallest absolute Gasteiger partial charge is 0.122 e. The first-order valence-corrected chi connectivity index (χ1v) is 6.34. The molecule has 0 aromatic heterocycles. The summed E-state index contributed by atoms with van der Waals surface area (Å²) in [6.07, 6.45) is 1.35. The lowest BCUT2D eigenvalue weighted by Crippen LogP contribution is -2.26. The van der Waals surface area contributed by atoms with E-state index in [-0.39, 0.29) is 11.5 Å². The van der Waals surface area contributed by atoms with Crippen molar-refractivity contribution in [1.29, 1.82) is 0 Å². The number of rotatable bonds is 5. The maximum absolute atomic E-state index is 10.0. The van der Waals surface area contributed by atoms with Crippen molar-refractivity contribution in [3.8, 4) is 5.75 Å². The lowest BCUT2D eigenvalue weighted by atomic mass is 9.86. The minimum Gasteiger partial charge on any atom is -0.494 e. The fraction of sp³-hybridized carbons (Fsp3) is 0.600. The zero-order valence-corrected chi connectivity index (χ0v) is 11.4. The predicted octanol–water partition coefficient (Wildman–Crippen LogP) is 3.42. The van der Waals surface area contributed by atoms with E-state index in [0.717, 1.165) is 18.6 Å². The molecule has 0 saturated carbocycles. The van der Waals surface area contributed by atoms with Crippen LogP contribution in [0.5, 0.6) is 5.75 Å². The molecule has 1 N–H and O–H groups in total. The fourth-order valence-corrected chi connectivity index (χ4v) is 1.73. The van der Waals surface area contributed by atoms with Crippen LogP contribution in [0.4, 0.5) is 0 Å². The van der Waals surface area contributed by atoms with Crippen molar-refractivity contribution in [3.63, 3.8) is 0 Å². The van der Waals surface area contributed by atoms with E-state index in [1.54, 1.807) is 0 Å². The van der Waals surface area contributed by atoms with Crippen molar-refractivity contribution in [2.75, 3.05) is 6.61 Å². The molecular formula is C15H24O2. The van der Waals surface area contributed by atoms with Crippen LogP contribution in [-0.2, 0) is 6.42 Å². The van der Waals surface area contributed by atoms with Crippen molar-refractivity contribution < 1.29 is 9.84 Å². The zero-order chi connectivity index (χ0) is 12.9. The molecule has 1 aromatic carbocycles. The van der Waals surface area contributed by atoms with Gasteiger partial charge >= 0.3 is 0 Å². The second-order valence-electron chi connectivity index (χ2n) is 5.46. The number of aryl methyl sites for hydroxylation is 1. The van der Waals surface area contributed by atoms with Crippen LogP contribution in [0.2, 0.25) is 0 Å². The summed E-state index contributed by atoms with van der Waals surface area (Å²) in [5.41, 5.74) is 1.12. The van der Waals surface area contributed by atoms with Gasteiger partial charge in [0.1, 0.15) is 5.75 Å². The largest absolute Gasteiger partial charge is 0.494 e. The van der Waals surface area contributed by atoms with Crippen LogP contribution in [0.25, 0.3) is 0 Å². The van der Waals surface area contributed by atoms with Gasteiger partial charge in [-0.05, 0) is 36.8 Å². The minimum atomic E-state index is -0.280. The average Bonchev–Trinajstić information content (AvgIpc) is 2.26. The van der Waals surface area contributed by atoms with Gasteiger partial charge in [-0.25, -0.2) is 0 Å². The summed E-state index contributed by atoms with van der Waals surface area (Å²) in [7, 11) is 0. The maximum Gasteiger partial charge on any atom is 0.122 e. The number of aliphatic hydroxyl groups is 1. The Balaban J connectivity index is 2.63. The molecule has 0 aliphatic carbocycles. The minimum absolute atomic E-state index is 0.0550. The van der Waals surface area contributed by atoms with Crippen LogP contribution in [0, 0.1) is 5.41 Å². The van der Waals surface area contributed by atoms with Gasteiger partial charge in [0.05, 0.1) is 12.7 Å². The molecule has 96 valence electrons. The Morgan fingerprint density at radius 1 is 1.24 bits per heavy atom. The van der Waals surface area contributed by atoms with Crippen molar-refractivity contribution in [2.24, 2.45) is 5.41 Å². The van der Waals surface area contributed by atoms with E-state index in [1.807, 2.05) is 25.1 Å². The Kier molecular flexibility index (Phi) is 5.01. The summed E-state index contributed by atoms with van der Waals surface area (Å²) in [5, 5.41) is 10.0. The molecule has 1 atom stereocenters. The third-order valence-electron chi connectivity index (χ3n) is 2.96. The van der Waals surface area contributed by atoms with E-state index in [9.17, 15) is 5.11 Å². The molecule has 0 heterocycles. The van der Waals surface area contributed by atoms with Crippen LogP contribution in [0.15, 0.2) is 24.3 Å². The monoisotopic (exact) mass is 236 g/mol. The van der Waals surface area contributed by atoms with Gasteiger partial charge in [0, 0.05) is 0 Å². The third-order valence-corrected chi connectivity index (χ3v) is 2.96. The summed E-state index contributed by atoms with van der Waals surface area (Å²) < 4.78 is 5.57. The zero-order valence-electron chi connectivity index (χ0n) is 11.4. The topological polar surface area (TPSA) is 29.5 Å². The van der Waals surface area contributed by atoms with Crippen LogP contribution in [0.3, 0.4) is 0 Å². The Hall–Kier alpha value is -1.02. The predicted molar refractivity (Wildman–Crippen MR) is 71.4 cm³/mol. The van der Waals surface area contributed by atoms with Crippen LogP contribution >= 0.6 is 0 Å². The van der Waals surface area contributed by atoms with E-state index >= 15 is 0 Å². The third kappa shape index (κ3) is 4.39. The number of hydrogen-bond donors (Lipinski definition) is 1. The molecule has 1 rings (SSSR count). The van der Waals surface area contributed by atoms with Crippen LogP contribution in [-0.4, -0.2) is 17.8 Å². The van der Waals surface area contributed by atoms with Crippen LogP contribution < -0.4 is 4.74 Å². The SMILES string of the molecule is CCOc1ccccc1CCC(O)C(C)(C)C. The molecular weight excluding hydrogens is 212 g/mol. The molecule has 0 aliphatic heterocycles. The quantitative estimate of drug-likeness (QED) is 0.848. The Morgan fingerprint density at radius 3 is 2.47 bits per heavy atom. The van der Waals surface area contributed by atoms with E-state index in [0.29, 0.717) is 6.61 Å². The van der Waals surface area contributed by atoms with Gasteiger partial charge in [-0.2, -0.15) is 0 Å². The molecule has 0 fully saturated rings. The molecule has 1 unspecified atom stereocenters. The fourth-order valence-electron chi connectivity index (χ4n) is 1.73. The summed E-state index contributed by atoms with van der Waals surface area (Å²) >= 11 is 0. The second-order valence-corrected chi connectivity index (χ2v) is 5.46. The van der Waals surface area contributed by atoms with Gasteiger partial charge in [0.15, 0.2) is 0 Å². The standard InChI is InChI=1S/C15H24O2/c1-5-17-13-9-7-6-8-12(13)10-11-14(16)15(2,3)4/h6-9,14,16H,5,10-11H2,1-4H3. The van der Waals surface area contributed by atoms with Gasteiger partial charge in [0.25, 0.3) is 0 Å². The van der Waals surface area contributed by atoms with Crippen molar-refractivity contribution in [1.82, 2.24) is 0 Å². The van der Waals surface area contributed by atoms with Gasteiger partial charge < -0.3 is 9.84 Å². The van der Waals surface area contributed by atoms with Gasteiger partial charge in [0.2, 0.25) is 0 Å². The summed E-state index contributed by atoms with van der Waals surface area (Å²) in [4.78, 5) is 0. The number of ether oxygens (including phenoxy) is 1.